The molecule has 1 unspecified atom stereocenters. The SMILES string of the molecule is O=C(O)CC(NC(=O)OCC1c2ccccc2-c2ccccc21)C(=O)N(Cc1ccccc1)C1CC1. The molecule has 1 saturated carbocycles. The largest absolute Gasteiger partial charge is 0.481 e. The van der Waals surface area contributed by atoms with Gasteiger partial charge in [-0.1, -0.05) is 78.9 Å². The summed E-state index contributed by atoms with van der Waals surface area (Å²) in [6.07, 6.45) is 0.417. The number of aliphatic carboxylic acids is 1. The fraction of sp³-hybridized carbons (Fsp3) is 0.276. The van der Waals surface area contributed by atoms with Gasteiger partial charge in [-0.05, 0) is 40.7 Å². The number of hydrogen-bond donors (Lipinski definition) is 2. The van der Waals surface area contributed by atoms with Crippen molar-refractivity contribution >= 4 is 18.0 Å². The summed E-state index contributed by atoms with van der Waals surface area (Å²) in [5.74, 6) is -1.70. The van der Waals surface area contributed by atoms with Crippen LogP contribution in [-0.2, 0) is 20.9 Å². The number of carboxylic acids is 1. The lowest BCUT2D eigenvalue weighted by Gasteiger charge is -2.27. The standard InChI is InChI=1S/C29H28N2O5/c32-27(33)16-26(28(34)31(20-14-15-20)17-19-8-2-1-3-9-19)30-29(35)36-18-25-23-12-6-4-10-21(23)22-11-5-7-13-24(22)25/h1-13,20,25-26H,14-18H2,(H,30,35)(H,32,33). The van der Waals surface area contributed by atoms with Crippen LogP contribution in [0, 0.1) is 0 Å². The topological polar surface area (TPSA) is 95.9 Å². The second-order valence-corrected chi connectivity index (χ2v) is 9.30. The van der Waals surface area contributed by atoms with E-state index in [9.17, 15) is 19.5 Å². The third-order valence-electron chi connectivity index (χ3n) is 6.78. The van der Waals surface area contributed by atoms with Gasteiger partial charge in [-0.25, -0.2) is 4.79 Å². The number of carboxylic acid groups (broad SMARTS) is 1. The van der Waals surface area contributed by atoms with E-state index in [1.165, 1.54) is 0 Å². The Morgan fingerprint density at radius 1 is 0.889 bits per heavy atom. The van der Waals surface area contributed by atoms with Crippen LogP contribution >= 0.6 is 0 Å². The maximum absolute atomic E-state index is 13.4. The van der Waals surface area contributed by atoms with Crippen molar-refractivity contribution in [1.29, 1.82) is 0 Å². The molecular weight excluding hydrogens is 456 g/mol. The van der Waals surface area contributed by atoms with E-state index in [-0.39, 0.29) is 18.6 Å². The van der Waals surface area contributed by atoms with Crippen LogP contribution in [0.5, 0.6) is 0 Å². The van der Waals surface area contributed by atoms with Crippen molar-refractivity contribution in [2.45, 2.75) is 43.8 Å². The lowest BCUT2D eigenvalue weighted by molar-refractivity contribution is -0.143. The maximum atomic E-state index is 13.4. The van der Waals surface area contributed by atoms with E-state index in [2.05, 4.69) is 17.4 Å². The second-order valence-electron chi connectivity index (χ2n) is 9.30. The van der Waals surface area contributed by atoms with Crippen LogP contribution < -0.4 is 5.32 Å². The zero-order valence-corrected chi connectivity index (χ0v) is 19.8. The Morgan fingerprint density at radius 3 is 2.06 bits per heavy atom. The normalized spacial score (nSPS) is 14.9. The Morgan fingerprint density at radius 2 is 1.47 bits per heavy atom. The number of ether oxygens (including phenoxy) is 1. The first-order valence-electron chi connectivity index (χ1n) is 12.2. The van der Waals surface area contributed by atoms with Gasteiger partial charge in [-0.3, -0.25) is 9.59 Å². The molecule has 36 heavy (non-hydrogen) atoms. The van der Waals surface area contributed by atoms with Crippen molar-refractivity contribution in [3.63, 3.8) is 0 Å². The van der Waals surface area contributed by atoms with Crippen LogP contribution in [0.1, 0.15) is 41.9 Å². The molecule has 3 aromatic carbocycles. The molecule has 5 rings (SSSR count). The number of alkyl carbamates (subject to hydrolysis) is 1. The molecule has 7 nitrogen and oxygen atoms in total. The van der Waals surface area contributed by atoms with E-state index in [1.54, 1.807) is 4.90 Å². The fourth-order valence-electron chi connectivity index (χ4n) is 4.91. The lowest BCUT2D eigenvalue weighted by atomic mass is 9.98. The molecule has 0 spiro atoms. The highest BCUT2D eigenvalue weighted by Crippen LogP contribution is 2.44. The van der Waals surface area contributed by atoms with Gasteiger partial charge in [0.2, 0.25) is 5.91 Å². The number of carbonyl (C=O) groups is 3. The minimum atomic E-state index is -1.21. The average molecular weight is 485 g/mol. The van der Waals surface area contributed by atoms with Crippen LogP contribution in [0.2, 0.25) is 0 Å². The molecule has 2 N–H and O–H groups in total. The third-order valence-corrected chi connectivity index (χ3v) is 6.78. The number of benzene rings is 3. The Bertz CT molecular complexity index is 1230. The van der Waals surface area contributed by atoms with Crippen molar-refractivity contribution in [2.24, 2.45) is 0 Å². The molecule has 2 aliphatic carbocycles. The van der Waals surface area contributed by atoms with Gasteiger partial charge in [0.05, 0.1) is 6.42 Å². The highest BCUT2D eigenvalue weighted by molar-refractivity contribution is 5.89. The molecule has 2 amide bonds. The van der Waals surface area contributed by atoms with E-state index in [1.807, 2.05) is 66.7 Å². The first kappa shape index (κ1) is 23.6. The molecule has 0 aromatic heterocycles. The van der Waals surface area contributed by atoms with E-state index in [0.717, 1.165) is 40.7 Å². The molecule has 0 radical (unpaired) electrons. The summed E-state index contributed by atoms with van der Waals surface area (Å²) in [4.78, 5) is 39.4. The summed E-state index contributed by atoms with van der Waals surface area (Å²) >= 11 is 0. The Balaban J connectivity index is 1.27. The van der Waals surface area contributed by atoms with Crippen LogP contribution in [-0.4, -0.2) is 46.7 Å². The number of hydrogen-bond acceptors (Lipinski definition) is 4. The molecule has 0 saturated heterocycles. The van der Waals surface area contributed by atoms with Gasteiger partial charge in [0, 0.05) is 18.5 Å². The minimum absolute atomic E-state index is 0.0540. The highest BCUT2D eigenvalue weighted by Gasteiger charge is 2.37. The Kier molecular flexibility index (Phi) is 6.71. The number of carbonyl (C=O) groups excluding carboxylic acids is 2. The fourth-order valence-corrected chi connectivity index (χ4v) is 4.91. The number of nitrogens with one attached hydrogen (secondary N) is 1. The Hall–Kier alpha value is -4.13. The first-order valence-corrected chi connectivity index (χ1v) is 12.2. The van der Waals surface area contributed by atoms with Crippen LogP contribution in [0.25, 0.3) is 11.1 Å². The minimum Gasteiger partial charge on any atom is -0.481 e. The van der Waals surface area contributed by atoms with Crippen molar-refractivity contribution in [3.05, 3.63) is 95.6 Å². The van der Waals surface area contributed by atoms with Crippen LogP contribution in [0.3, 0.4) is 0 Å². The van der Waals surface area contributed by atoms with Gasteiger partial charge in [-0.15, -0.1) is 0 Å². The molecule has 1 fully saturated rings. The monoisotopic (exact) mass is 484 g/mol. The molecule has 1 atom stereocenters. The molecule has 184 valence electrons. The van der Waals surface area contributed by atoms with Gasteiger partial charge in [-0.2, -0.15) is 0 Å². The van der Waals surface area contributed by atoms with E-state index >= 15 is 0 Å². The third kappa shape index (κ3) is 5.10. The molecule has 0 bridgehead atoms. The summed E-state index contributed by atoms with van der Waals surface area (Å²) in [5, 5.41) is 12.0. The Labute approximate surface area is 209 Å². The molecular formula is C29H28N2O5. The van der Waals surface area contributed by atoms with Gasteiger partial charge in [0.15, 0.2) is 0 Å². The van der Waals surface area contributed by atoms with Crippen molar-refractivity contribution in [1.82, 2.24) is 10.2 Å². The quantitative estimate of drug-likeness (QED) is 0.464. The van der Waals surface area contributed by atoms with Crippen molar-refractivity contribution in [2.75, 3.05) is 6.61 Å². The number of rotatable bonds is 9. The first-order chi connectivity index (χ1) is 17.5. The zero-order chi connectivity index (χ0) is 25.1. The molecule has 7 heteroatoms. The summed E-state index contributed by atoms with van der Waals surface area (Å²) in [5.41, 5.74) is 5.33. The average Bonchev–Trinajstić information content (AvgIpc) is 3.68. The number of amides is 2. The number of fused-ring (bicyclic) bond motifs is 3. The molecule has 0 aliphatic heterocycles. The van der Waals surface area contributed by atoms with Gasteiger partial charge in [0.25, 0.3) is 0 Å². The lowest BCUT2D eigenvalue weighted by Crippen LogP contribution is -2.50. The van der Waals surface area contributed by atoms with E-state index < -0.39 is 30.4 Å². The summed E-state index contributed by atoms with van der Waals surface area (Å²) in [6, 6.07) is 24.4. The predicted molar refractivity (Wildman–Crippen MR) is 134 cm³/mol. The molecule has 3 aromatic rings. The van der Waals surface area contributed by atoms with Gasteiger partial charge in [0.1, 0.15) is 12.6 Å². The molecule has 0 heterocycles. The maximum Gasteiger partial charge on any atom is 0.407 e. The van der Waals surface area contributed by atoms with Crippen molar-refractivity contribution < 1.29 is 24.2 Å². The zero-order valence-electron chi connectivity index (χ0n) is 19.8. The van der Waals surface area contributed by atoms with Crippen LogP contribution in [0.4, 0.5) is 4.79 Å². The molecule has 2 aliphatic rings. The van der Waals surface area contributed by atoms with Crippen LogP contribution in [0.15, 0.2) is 78.9 Å². The van der Waals surface area contributed by atoms with E-state index in [4.69, 9.17) is 4.74 Å². The van der Waals surface area contributed by atoms with Gasteiger partial charge >= 0.3 is 12.1 Å². The smallest absolute Gasteiger partial charge is 0.407 e. The highest BCUT2D eigenvalue weighted by atomic mass is 16.5. The summed E-state index contributed by atoms with van der Waals surface area (Å²) in [6.45, 7) is 0.455. The number of nitrogens with zero attached hydrogens (tertiary/aromatic N) is 1. The summed E-state index contributed by atoms with van der Waals surface area (Å²) < 4.78 is 5.56. The van der Waals surface area contributed by atoms with Gasteiger partial charge < -0.3 is 20.1 Å². The van der Waals surface area contributed by atoms with Crippen molar-refractivity contribution in [3.8, 4) is 11.1 Å². The van der Waals surface area contributed by atoms with E-state index in [0.29, 0.717) is 6.54 Å². The summed E-state index contributed by atoms with van der Waals surface area (Å²) in [7, 11) is 0. The predicted octanol–water partition coefficient (Wildman–Crippen LogP) is 4.56. The second kappa shape index (κ2) is 10.2.